The molecule has 0 spiro atoms. The number of hydrogen-bond acceptors (Lipinski definition) is 8. The van der Waals surface area contributed by atoms with Crippen LogP contribution in [0.3, 0.4) is 0 Å². The van der Waals surface area contributed by atoms with Crippen LogP contribution in [0.2, 0.25) is 0 Å². The highest BCUT2D eigenvalue weighted by Gasteiger charge is 2.52. The van der Waals surface area contributed by atoms with Crippen molar-refractivity contribution in [3.63, 3.8) is 0 Å². The molecular formula is C21H20F2N8O. The van der Waals surface area contributed by atoms with E-state index in [1.165, 1.54) is 12.4 Å². The number of nitrogens with one attached hydrogen (secondary N) is 2. The van der Waals surface area contributed by atoms with Crippen LogP contribution in [0.25, 0.3) is 21.9 Å². The molecule has 4 N–H and O–H groups in total. The van der Waals surface area contributed by atoms with Gasteiger partial charge in [0.2, 0.25) is 0 Å². The summed E-state index contributed by atoms with van der Waals surface area (Å²) in [6, 6.07) is 1.54. The Hall–Kier alpha value is -3.60. The molecule has 3 atom stereocenters. The van der Waals surface area contributed by atoms with E-state index in [1.807, 2.05) is 0 Å². The summed E-state index contributed by atoms with van der Waals surface area (Å²) < 4.78 is 35.2. The van der Waals surface area contributed by atoms with E-state index < -0.39 is 11.6 Å². The summed E-state index contributed by atoms with van der Waals surface area (Å²) in [5, 5.41) is 3.43. The number of hydrogen-bond donors (Lipinski definition) is 3. The van der Waals surface area contributed by atoms with Crippen molar-refractivity contribution >= 4 is 33.4 Å². The molecule has 11 heteroatoms. The number of nitrogens with two attached hydrogens (primary N) is 1. The molecule has 4 heterocycles. The number of anilines is 2. The van der Waals surface area contributed by atoms with Gasteiger partial charge in [-0.15, -0.1) is 0 Å². The molecule has 1 unspecified atom stereocenters. The van der Waals surface area contributed by atoms with Crippen molar-refractivity contribution in [3.8, 4) is 11.8 Å². The predicted octanol–water partition coefficient (Wildman–Crippen LogP) is 2.86. The highest BCUT2D eigenvalue weighted by Crippen LogP contribution is 2.47. The van der Waals surface area contributed by atoms with Gasteiger partial charge in [0.15, 0.2) is 17.4 Å². The van der Waals surface area contributed by atoms with Crippen LogP contribution in [0.1, 0.15) is 12.2 Å². The lowest BCUT2D eigenvalue weighted by atomic mass is 9.67. The SMILES string of the molecule is CNc1cc(F)c(F)c2c1[nH]c1nc(Oc3cnc(C)nc3)nc(N3C[C@H]4C3C[C@H]4N)c12. The molecule has 164 valence electrons. The van der Waals surface area contributed by atoms with E-state index in [4.69, 9.17) is 10.5 Å². The van der Waals surface area contributed by atoms with Crippen LogP contribution < -0.4 is 20.7 Å². The first-order valence-electron chi connectivity index (χ1n) is 10.3. The summed E-state index contributed by atoms with van der Waals surface area (Å²) in [7, 11) is 1.64. The number of benzene rings is 1. The van der Waals surface area contributed by atoms with Crippen molar-refractivity contribution in [3.05, 3.63) is 35.9 Å². The summed E-state index contributed by atoms with van der Waals surface area (Å²) in [5.74, 6) is -0.0537. The Kier molecular flexibility index (Phi) is 4.00. The fourth-order valence-electron chi connectivity index (χ4n) is 4.65. The molecular weight excluding hydrogens is 418 g/mol. The number of ether oxygens (including phenoxy) is 1. The normalized spacial score (nSPS) is 21.9. The van der Waals surface area contributed by atoms with Gasteiger partial charge in [-0.2, -0.15) is 9.97 Å². The van der Waals surface area contributed by atoms with Gasteiger partial charge in [0.05, 0.1) is 34.4 Å². The zero-order chi connectivity index (χ0) is 22.1. The lowest BCUT2D eigenvalue weighted by molar-refractivity contribution is 0.121. The Morgan fingerprint density at radius 1 is 1.22 bits per heavy atom. The third-order valence-corrected chi connectivity index (χ3v) is 6.46. The van der Waals surface area contributed by atoms with Gasteiger partial charge in [-0.25, -0.2) is 18.7 Å². The molecule has 9 nitrogen and oxygen atoms in total. The summed E-state index contributed by atoms with van der Waals surface area (Å²) in [6.07, 6.45) is 3.87. The van der Waals surface area contributed by atoms with Crippen LogP contribution in [0.4, 0.5) is 20.3 Å². The van der Waals surface area contributed by atoms with Crippen LogP contribution >= 0.6 is 0 Å². The van der Waals surface area contributed by atoms with Crippen molar-refractivity contribution in [1.29, 1.82) is 0 Å². The highest BCUT2D eigenvalue weighted by molar-refractivity contribution is 6.15. The first kappa shape index (κ1) is 19.1. The molecule has 4 aromatic rings. The van der Waals surface area contributed by atoms with E-state index in [0.29, 0.717) is 52.1 Å². The maximum absolute atomic E-state index is 15.0. The van der Waals surface area contributed by atoms with Gasteiger partial charge in [-0.1, -0.05) is 0 Å². The number of aryl methyl sites for hydroxylation is 1. The minimum Gasteiger partial charge on any atom is -0.421 e. The highest BCUT2D eigenvalue weighted by atomic mass is 19.2. The Labute approximate surface area is 181 Å². The summed E-state index contributed by atoms with van der Waals surface area (Å²) in [6.45, 7) is 2.46. The molecule has 2 aliphatic rings. The van der Waals surface area contributed by atoms with Crippen molar-refractivity contribution in [2.24, 2.45) is 11.7 Å². The third kappa shape index (κ3) is 2.63. The standard InChI is InChI=1S/C21H20F2N8O/c1-8-26-5-9(6-27-8)32-21-29-19-16(20(30-21)31-7-10-12(24)4-14(10)31)15-17(23)11(22)3-13(25-2)18(15)28-19/h3,5-6,10,12,14,25H,4,7,24H2,1-2H3,(H,28,29,30)/t10-,12-,14?/m1/s1. The van der Waals surface area contributed by atoms with Crippen molar-refractivity contribution < 1.29 is 13.5 Å². The van der Waals surface area contributed by atoms with Gasteiger partial charge < -0.3 is 25.7 Å². The molecule has 1 saturated carbocycles. The van der Waals surface area contributed by atoms with Gasteiger partial charge in [-0.05, 0) is 13.3 Å². The maximum atomic E-state index is 15.0. The van der Waals surface area contributed by atoms with Crippen molar-refractivity contribution in [2.75, 3.05) is 23.8 Å². The first-order valence-corrected chi connectivity index (χ1v) is 10.3. The zero-order valence-electron chi connectivity index (χ0n) is 17.4. The fourth-order valence-corrected chi connectivity index (χ4v) is 4.65. The Morgan fingerprint density at radius 3 is 2.66 bits per heavy atom. The van der Waals surface area contributed by atoms with E-state index >= 15 is 4.39 Å². The van der Waals surface area contributed by atoms with Gasteiger partial charge >= 0.3 is 6.01 Å². The number of fused-ring (bicyclic) bond motifs is 4. The summed E-state index contributed by atoms with van der Waals surface area (Å²) >= 11 is 0. The third-order valence-electron chi connectivity index (χ3n) is 6.46. The van der Waals surface area contributed by atoms with Gasteiger partial charge in [0.1, 0.15) is 17.3 Å². The number of nitrogens with zero attached hydrogens (tertiary/aromatic N) is 5. The summed E-state index contributed by atoms with van der Waals surface area (Å²) in [4.78, 5) is 22.5. The van der Waals surface area contributed by atoms with E-state index in [-0.39, 0.29) is 23.5 Å². The second-order valence-corrected chi connectivity index (χ2v) is 8.25. The Balaban J connectivity index is 1.56. The van der Waals surface area contributed by atoms with E-state index in [9.17, 15) is 4.39 Å². The lowest BCUT2D eigenvalue weighted by Crippen LogP contribution is -2.71. The maximum Gasteiger partial charge on any atom is 0.326 e. The number of H-pyrrole nitrogens is 1. The Bertz CT molecular complexity index is 1370. The van der Waals surface area contributed by atoms with E-state index in [2.05, 4.69) is 35.1 Å². The van der Waals surface area contributed by atoms with Crippen LogP contribution in [-0.4, -0.2) is 50.6 Å². The average molecular weight is 438 g/mol. The number of aromatic amines is 1. The Morgan fingerprint density at radius 2 is 2.00 bits per heavy atom. The molecule has 0 radical (unpaired) electrons. The van der Waals surface area contributed by atoms with Crippen LogP contribution in [0.5, 0.6) is 11.8 Å². The lowest BCUT2D eigenvalue weighted by Gasteiger charge is -2.59. The second kappa shape index (κ2) is 6.70. The minimum absolute atomic E-state index is 0.0606. The molecule has 1 aromatic carbocycles. The average Bonchev–Trinajstić information content (AvgIpc) is 3.15. The number of piperidine rings is 1. The van der Waals surface area contributed by atoms with E-state index in [0.717, 1.165) is 12.5 Å². The van der Waals surface area contributed by atoms with Gasteiger partial charge in [-0.3, -0.25) is 0 Å². The largest absolute Gasteiger partial charge is 0.421 e. The minimum atomic E-state index is -0.946. The van der Waals surface area contributed by atoms with E-state index in [1.54, 1.807) is 14.0 Å². The predicted molar refractivity (Wildman–Crippen MR) is 115 cm³/mol. The van der Waals surface area contributed by atoms with Crippen molar-refractivity contribution in [1.82, 2.24) is 24.9 Å². The van der Waals surface area contributed by atoms with Crippen LogP contribution in [0.15, 0.2) is 18.5 Å². The molecule has 6 rings (SSSR count). The summed E-state index contributed by atoms with van der Waals surface area (Å²) in [5.41, 5.74) is 7.27. The van der Waals surface area contributed by atoms with Gasteiger partial charge in [0.25, 0.3) is 0 Å². The molecule has 3 aromatic heterocycles. The molecule has 1 aliphatic carbocycles. The number of rotatable bonds is 4. The first-order chi connectivity index (χ1) is 15.4. The monoisotopic (exact) mass is 438 g/mol. The molecule has 0 bridgehead atoms. The van der Waals surface area contributed by atoms with Crippen LogP contribution in [0, 0.1) is 24.5 Å². The second-order valence-electron chi connectivity index (χ2n) is 8.25. The van der Waals surface area contributed by atoms with Crippen molar-refractivity contribution in [2.45, 2.75) is 25.4 Å². The molecule has 32 heavy (non-hydrogen) atoms. The smallest absolute Gasteiger partial charge is 0.326 e. The number of aromatic nitrogens is 5. The fraction of sp³-hybridized carbons (Fsp3) is 0.333. The molecule has 1 saturated heterocycles. The zero-order valence-corrected chi connectivity index (χ0v) is 17.4. The molecule has 1 aliphatic heterocycles. The topological polar surface area (TPSA) is 118 Å². The number of halogens is 2. The van der Waals surface area contributed by atoms with Crippen LogP contribution in [-0.2, 0) is 0 Å². The molecule has 2 fully saturated rings. The molecule has 0 amide bonds. The quantitative estimate of drug-likeness (QED) is 0.445. The van der Waals surface area contributed by atoms with Gasteiger partial charge in [0, 0.05) is 37.7 Å².